The first-order chi connectivity index (χ1) is 13.2. The molecule has 7 heteroatoms. The highest BCUT2D eigenvalue weighted by molar-refractivity contribution is 7.98. The molecule has 4 heterocycles. The summed E-state index contributed by atoms with van der Waals surface area (Å²) in [7, 11) is 0. The zero-order chi connectivity index (χ0) is 18.4. The third kappa shape index (κ3) is 2.93. The maximum absolute atomic E-state index is 5.02. The number of hydrogen-bond acceptors (Lipinski definition) is 6. The molecule has 1 aliphatic rings. The summed E-state index contributed by atoms with van der Waals surface area (Å²) in [5, 5.41) is 11.3. The number of hydrogen-bond donors (Lipinski definition) is 0. The second-order valence-corrected chi connectivity index (χ2v) is 9.23. The smallest absolute Gasteiger partial charge is 0.197 e. The Morgan fingerprint density at radius 3 is 3.07 bits per heavy atom. The molecule has 1 unspecified atom stereocenters. The molecule has 0 fully saturated rings. The van der Waals surface area contributed by atoms with Crippen molar-refractivity contribution in [1.29, 1.82) is 0 Å². The van der Waals surface area contributed by atoms with Crippen LogP contribution in [0.2, 0.25) is 0 Å². The van der Waals surface area contributed by atoms with E-state index in [1.165, 1.54) is 34.2 Å². The van der Waals surface area contributed by atoms with Crippen molar-refractivity contribution in [3.8, 4) is 0 Å². The van der Waals surface area contributed by atoms with Crippen LogP contribution in [-0.2, 0) is 25.0 Å². The van der Waals surface area contributed by atoms with Gasteiger partial charge in [-0.2, -0.15) is 0 Å². The predicted octanol–water partition coefficient (Wildman–Crippen LogP) is 4.71. The van der Waals surface area contributed by atoms with Crippen LogP contribution in [-0.4, -0.2) is 24.6 Å². The molecule has 0 aromatic carbocycles. The number of thioether (sulfide) groups is 1. The van der Waals surface area contributed by atoms with E-state index < -0.39 is 0 Å². The lowest BCUT2D eigenvalue weighted by Gasteiger charge is -2.17. The van der Waals surface area contributed by atoms with Gasteiger partial charge in [0, 0.05) is 29.4 Å². The Morgan fingerprint density at radius 1 is 1.33 bits per heavy atom. The Hall–Kier alpha value is -1.99. The first-order valence-electron chi connectivity index (χ1n) is 9.44. The Kier molecular flexibility index (Phi) is 4.36. The van der Waals surface area contributed by atoms with Crippen LogP contribution < -0.4 is 0 Å². The van der Waals surface area contributed by atoms with Gasteiger partial charge >= 0.3 is 0 Å². The minimum atomic E-state index is 0.760. The van der Waals surface area contributed by atoms with E-state index in [1.54, 1.807) is 18.0 Å². The maximum Gasteiger partial charge on any atom is 0.197 e. The number of aromatic nitrogens is 5. The van der Waals surface area contributed by atoms with Gasteiger partial charge in [0.15, 0.2) is 10.8 Å². The van der Waals surface area contributed by atoms with Gasteiger partial charge in [-0.1, -0.05) is 31.7 Å². The Balaban J connectivity index is 1.63. The van der Waals surface area contributed by atoms with Crippen LogP contribution in [0.5, 0.6) is 0 Å². The SMILES string of the molecule is CCc1nc2sc3c(c2c2nnc(SCc4cccnc4)n12)CCC(C)C3. The molecule has 138 valence electrons. The zero-order valence-electron chi connectivity index (χ0n) is 15.5. The summed E-state index contributed by atoms with van der Waals surface area (Å²) in [6, 6.07) is 4.07. The first kappa shape index (κ1) is 17.1. The zero-order valence-corrected chi connectivity index (χ0v) is 17.1. The number of thiophene rings is 1. The molecule has 0 aliphatic heterocycles. The second-order valence-electron chi connectivity index (χ2n) is 7.21. The lowest BCUT2D eigenvalue weighted by atomic mass is 9.89. The van der Waals surface area contributed by atoms with E-state index in [2.05, 4.69) is 39.5 Å². The van der Waals surface area contributed by atoms with Gasteiger partial charge in [-0.25, -0.2) is 4.98 Å². The van der Waals surface area contributed by atoms with E-state index in [-0.39, 0.29) is 0 Å². The topological polar surface area (TPSA) is 56.0 Å². The highest BCUT2D eigenvalue weighted by atomic mass is 32.2. The Morgan fingerprint density at radius 2 is 2.26 bits per heavy atom. The fourth-order valence-electron chi connectivity index (χ4n) is 3.84. The van der Waals surface area contributed by atoms with E-state index >= 15 is 0 Å². The number of fused-ring (bicyclic) bond motifs is 5. The molecule has 0 spiro atoms. The molecule has 27 heavy (non-hydrogen) atoms. The molecular formula is C20H21N5S2. The number of aryl methyl sites for hydroxylation is 2. The average molecular weight is 396 g/mol. The van der Waals surface area contributed by atoms with Crippen LogP contribution in [0.25, 0.3) is 15.9 Å². The van der Waals surface area contributed by atoms with E-state index in [0.29, 0.717) is 0 Å². The van der Waals surface area contributed by atoms with Crippen molar-refractivity contribution in [3.05, 3.63) is 46.4 Å². The summed E-state index contributed by atoms with van der Waals surface area (Å²) in [6.07, 6.45) is 8.12. The molecule has 1 aliphatic carbocycles. The minimum Gasteiger partial charge on any atom is -0.264 e. The normalized spacial score (nSPS) is 16.9. The van der Waals surface area contributed by atoms with Crippen LogP contribution in [0.4, 0.5) is 0 Å². The van der Waals surface area contributed by atoms with E-state index in [4.69, 9.17) is 4.98 Å². The van der Waals surface area contributed by atoms with E-state index in [9.17, 15) is 0 Å². The van der Waals surface area contributed by atoms with Crippen molar-refractivity contribution in [2.45, 2.75) is 50.4 Å². The van der Waals surface area contributed by atoms with Crippen molar-refractivity contribution in [1.82, 2.24) is 24.6 Å². The number of pyridine rings is 1. The molecular weight excluding hydrogens is 374 g/mol. The van der Waals surface area contributed by atoms with Gasteiger partial charge in [-0.15, -0.1) is 21.5 Å². The second kappa shape index (κ2) is 6.87. The average Bonchev–Trinajstić information content (AvgIpc) is 3.26. The molecule has 0 bridgehead atoms. The van der Waals surface area contributed by atoms with Crippen LogP contribution in [0.3, 0.4) is 0 Å². The van der Waals surface area contributed by atoms with Gasteiger partial charge in [0.25, 0.3) is 0 Å². The third-order valence-corrected chi connectivity index (χ3v) is 7.39. The first-order valence-corrected chi connectivity index (χ1v) is 11.2. The summed E-state index contributed by atoms with van der Waals surface area (Å²) in [5.74, 6) is 2.63. The quantitative estimate of drug-likeness (QED) is 0.468. The van der Waals surface area contributed by atoms with Gasteiger partial charge in [-0.3, -0.25) is 9.38 Å². The van der Waals surface area contributed by atoms with E-state index in [0.717, 1.165) is 46.0 Å². The Labute approximate surface area is 166 Å². The van der Waals surface area contributed by atoms with Gasteiger partial charge in [0.05, 0.1) is 5.39 Å². The molecule has 4 aromatic heterocycles. The predicted molar refractivity (Wildman–Crippen MR) is 111 cm³/mol. The van der Waals surface area contributed by atoms with Crippen molar-refractivity contribution in [3.63, 3.8) is 0 Å². The highest BCUT2D eigenvalue weighted by Crippen LogP contribution is 2.39. The van der Waals surface area contributed by atoms with Gasteiger partial charge in [-0.05, 0) is 42.4 Å². The largest absolute Gasteiger partial charge is 0.264 e. The monoisotopic (exact) mass is 395 g/mol. The molecule has 0 saturated carbocycles. The van der Waals surface area contributed by atoms with Crippen molar-refractivity contribution in [2.24, 2.45) is 5.92 Å². The number of nitrogens with zero attached hydrogens (tertiary/aromatic N) is 5. The van der Waals surface area contributed by atoms with Crippen LogP contribution in [0.1, 0.15) is 42.1 Å². The number of rotatable bonds is 4. The molecule has 0 N–H and O–H groups in total. The van der Waals surface area contributed by atoms with Crippen LogP contribution in [0.15, 0.2) is 29.7 Å². The van der Waals surface area contributed by atoms with Gasteiger partial charge in [0.1, 0.15) is 10.7 Å². The summed E-state index contributed by atoms with van der Waals surface area (Å²) in [6.45, 7) is 4.50. The molecule has 4 aromatic rings. The molecule has 0 amide bonds. The standard InChI is InChI=1S/C20H21N5S2/c1-3-16-22-19-17(14-7-6-12(2)9-15(14)27-19)18-23-24-20(25(16)18)26-11-13-5-4-8-21-10-13/h4-5,8,10,12H,3,6-7,9,11H2,1-2H3. The summed E-state index contributed by atoms with van der Waals surface area (Å²) in [4.78, 5) is 11.9. The highest BCUT2D eigenvalue weighted by Gasteiger charge is 2.25. The molecule has 0 saturated heterocycles. The van der Waals surface area contributed by atoms with Crippen molar-refractivity contribution >= 4 is 39.0 Å². The molecule has 5 nitrogen and oxygen atoms in total. The van der Waals surface area contributed by atoms with Crippen molar-refractivity contribution in [2.75, 3.05) is 0 Å². The summed E-state index contributed by atoms with van der Waals surface area (Å²) < 4.78 is 2.18. The Bertz CT molecular complexity index is 1120. The molecule has 5 rings (SSSR count). The molecule has 0 radical (unpaired) electrons. The lowest BCUT2D eigenvalue weighted by Crippen LogP contribution is -2.09. The summed E-state index contributed by atoms with van der Waals surface area (Å²) >= 11 is 3.56. The van der Waals surface area contributed by atoms with Crippen molar-refractivity contribution < 1.29 is 0 Å². The third-order valence-electron chi connectivity index (χ3n) is 5.25. The van der Waals surface area contributed by atoms with E-state index in [1.807, 2.05) is 23.6 Å². The summed E-state index contributed by atoms with van der Waals surface area (Å²) in [5.41, 5.74) is 3.63. The molecule has 1 atom stereocenters. The van der Waals surface area contributed by atoms with Crippen LogP contribution in [0, 0.1) is 5.92 Å². The fourth-order valence-corrected chi connectivity index (χ4v) is 6.12. The lowest BCUT2D eigenvalue weighted by molar-refractivity contribution is 0.509. The van der Waals surface area contributed by atoms with Crippen LogP contribution >= 0.6 is 23.1 Å². The minimum absolute atomic E-state index is 0.760. The van der Waals surface area contributed by atoms with Gasteiger partial charge in [0.2, 0.25) is 0 Å². The maximum atomic E-state index is 5.02. The van der Waals surface area contributed by atoms with Gasteiger partial charge < -0.3 is 0 Å². The fraction of sp³-hybridized carbons (Fsp3) is 0.400.